The van der Waals surface area contributed by atoms with Gasteiger partial charge in [0.25, 0.3) is 10.2 Å². The van der Waals surface area contributed by atoms with Gasteiger partial charge < -0.3 is 4.90 Å². The van der Waals surface area contributed by atoms with Crippen LogP contribution in [-0.4, -0.2) is 74.2 Å². The number of hydrogen-bond donors (Lipinski definition) is 1. The highest BCUT2D eigenvalue weighted by molar-refractivity contribution is 7.86. The minimum Gasteiger partial charge on any atom is -0.339 e. The normalized spacial score (nSPS) is 23.5. The summed E-state index contributed by atoms with van der Waals surface area (Å²) in [6.45, 7) is 3.58. The van der Waals surface area contributed by atoms with E-state index >= 15 is 0 Å². The molecule has 1 aromatic carbocycles. The Labute approximate surface area is 143 Å². The van der Waals surface area contributed by atoms with Crippen LogP contribution in [0.15, 0.2) is 30.3 Å². The molecule has 0 bridgehead atoms. The van der Waals surface area contributed by atoms with Crippen molar-refractivity contribution in [3.8, 4) is 0 Å². The maximum absolute atomic E-state index is 12.4. The van der Waals surface area contributed by atoms with Gasteiger partial charge in [0, 0.05) is 32.7 Å². The number of amides is 1. The van der Waals surface area contributed by atoms with Crippen LogP contribution >= 0.6 is 0 Å². The molecule has 7 nitrogen and oxygen atoms in total. The van der Waals surface area contributed by atoms with Gasteiger partial charge in [-0.15, -0.1) is 0 Å². The SMILES string of the molecule is NS(=O)(=O)N1CCN(C(=O)CN2CC[C@@H](c3ccccc3)C2)CC1. The van der Waals surface area contributed by atoms with Gasteiger partial charge in [0.1, 0.15) is 0 Å². The largest absolute Gasteiger partial charge is 0.339 e. The molecule has 24 heavy (non-hydrogen) atoms. The second-order valence-corrected chi connectivity index (χ2v) is 8.00. The molecule has 0 aliphatic carbocycles. The summed E-state index contributed by atoms with van der Waals surface area (Å²) in [5, 5.41) is 5.12. The fourth-order valence-electron chi connectivity index (χ4n) is 3.46. The zero-order valence-corrected chi connectivity index (χ0v) is 14.5. The second kappa shape index (κ2) is 7.18. The van der Waals surface area contributed by atoms with E-state index in [2.05, 4.69) is 17.0 Å². The second-order valence-electron chi connectivity index (χ2n) is 6.46. The highest BCUT2D eigenvalue weighted by Crippen LogP contribution is 2.26. The maximum atomic E-state index is 12.4. The number of benzene rings is 1. The number of piperazine rings is 1. The highest BCUT2D eigenvalue weighted by atomic mass is 32.2. The van der Waals surface area contributed by atoms with Gasteiger partial charge >= 0.3 is 0 Å². The first-order chi connectivity index (χ1) is 11.4. The zero-order chi connectivity index (χ0) is 17.2. The molecule has 2 heterocycles. The number of carbonyl (C=O) groups is 1. The Morgan fingerprint density at radius 2 is 1.75 bits per heavy atom. The first-order valence-corrected chi connectivity index (χ1v) is 9.77. The van der Waals surface area contributed by atoms with Crippen molar-refractivity contribution in [1.29, 1.82) is 0 Å². The molecule has 2 aliphatic rings. The summed E-state index contributed by atoms with van der Waals surface area (Å²) < 4.78 is 23.8. The molecule has 3 rings (SSSR count). The fraction of sp³-hybridized carbons (Fsp3) is 0.562. The first-order valence-electron chi connectivity index (χ1n) is 8.26. The summed E-state index contributed by atoms with van der Waals surface area (Å²) in [7, 11) is -3.65. The van der Waals surface area contributed by atoms with Gasteiger partial charge in [-0.05, 0) is 24.4 Å². The average Bonchev–Trinajstić information content (AvgIpc) is 3.03. The van der Waals surface area contributed by atoms with Crippen LogP contribution in [-0.2, 0) is 15.0 Å². The number of rotatable bonds is 4. The number of likely N-dealkylation sites (tertiary alicyclic amines) is 1. The number of nitrogens with two attached hydrogens (primary N) is 1. The summed E-state index contributed by atoms with van der Waals surface area (Å²) >= 11 is 0. The smallest absolute Gasteiger partial charge is 0.277 e. The van der Waals surface area contributed by atoms with Gasteiger partial charge in [-0.2, -0.15) is 12.7 Å². The lowest BCUT2D eigenvalue weighted by Crippen LogP contribution is -2.53. The van der Waals surface area contributed by atoms with Crippen molar-refractivity contribution in [2.24, 2.45) is 5.14 Å². The quantitative estimate of drug-likeness (QED) is 0.815. The van der Waals surface area contributed by atoms with E-state index < -0.39 is 10.2 Å². The first kappa shape index (κ1) is 17.3. The Morgan fingerprint density at radius 1 is 1.08 bits per heavy atom. The zero-order valence-electron chi connectivity index (χ0n) is 13.7. The minimum absolute atomic E-state index is 0.0674. The van der Waals surface area contributed by atoms with Gasteiger partial charge in [-0.1, -0.05) is 30.3 Å². The van der Waals surface area contributed by atoms with Crippen molar-refractivity contribution >= 4 is 16.1 Å². The van der Waals surface area contributed by atoms with Crippen LogP contribution in [0.3, 0.4) is 0 Å². The summed E-state index contributed by atoms with van der Waals surface area (Å²) in [6, 6.07) is 10.4. The Bertz CT molecular complexity index is 672. The van der Waals surface area contributed by atoms with Crippen LogP contribution in [0.2, 0.25) is 0 Å². The molecule has 2 aliphatic heterocycles. The summed E-state index contributed by atoms with van der Waals surface area (Å²) in [6.07, 6.45) is 1.07. The Hall–Kier alpha value is -1.48. The predicted octanol–water partition coefficient (Wildman–Crippen LogP) is -0.176. The van der Waals surface area contributed by atoms with Crippen molar-refractivity contribution in [2.75, 3.05) is 45.8 Å². The molecule has 2 fully saturated rings. The average molecular weight is 352 g/mol. The molecule has 1 atom stereocenters. The van der Waals surface area contributed by atoms with Crippen molar-refractivity contribution in [2.45, 2.75) is 12.3 Å². The molecule has 2 saturated heterocycles. The van der Waals surface area contributed by atoms with Crippen molar-refractivity contribution in [3.63, 3.8) is 0 Å². The topological polar surface area (TPSA) is 87.0 Å². The van der Waals surface area contributed by atoms with E-state index in [0.29, 0.717) is 25.6 Å². The van der Waals surface area contributed by atoms with Crippen LogP contribution < -0.4 is 5.14 Å². The third kappa shape index (κ3) is 4.13. The monoisotopic (exact) mass is 352 g/mol. The molecular formula is C16H24N4O3S. The van der Waals surface area contributed by atoms with Gasteiger partial charge in [0.15, 0.2) is 0 Å². The molecule has 1 amide bonds. The van der Waals surface area contributed by atoms with Gasteiger partial charge in [0.05, 0.1) is 6.54 Å². The molecular weight excluding hydrogens is 328 g/mol. The fourth-order valence-corrected chi connectivity index (χ4v) is 4.13. The van der Waals surface area contributed by atoms with Gasteiger partial charge in [0.2, 0.25) is 5.91 Å². The van der Waals surface area contributed by atoms with Gasteiger partial charge in [-0.3, -0.25) is 9.69 Å². The summed E-state index contributed by atoms with van der Waals surface area (Å²) in [5.74, 6) is 0.552. The summed E-state index contributed by atoms with van der Waals surface area (Å²) in [5.41, 5.74) is 1.33. The molecule has 0 aromatic heterocycles. The lowest BCUT2D eigenvalue weighted by Gasteiger charge is -2.33. The maximum Gasteiger partial charge on any atom is 0.277 e. The molecule has 0 spiro atoms. The van der Waals surface area contributed by atoms with E-state index in [4.69, 9.17) is 5.14 Å². The van der Waals surface area contributed by atoms with Crippen molar-refractivity contribution in [1.82, 2.24) is 14.1 Å². The highest BCUT2D eigenvalue weighted by Gasteiger charge is 2.29. The van der Waals surface area contributed by atoms with Crippen LogP contribution in [0.1, 0.15) is 17.9 Å². The van der Waals surface area contributed by atoms with Crippen LogP contribution in [0.25, 0.3) is 0 Å². The van der Waals surface area contributed by atoms with Crippen LogP contribution in [0, 0.1) is 0 Å². The molecule has 0 saturated carbocycles. The van der Waals surface area contributed by atoms with E-state index in [1.54, 1.807) is 4.90 Å². The van der Waals surface area contributed by atoms with E-state index in [1.807, 2.05) is 18.2 Å². The van der Waals surface area contributed by atoms with Crippen molar-refractivity contribution < 1.29 is 13.2 Å². The third-order valence-corrected chi connectivity index (χ3v) is 5.94. The van der Waals surface area contributed by atoms with E-state index in [0.717, 1.165) is 19.5 Å². The standard InChI is InChI=1S/C16H24N4O3S/c17-24(22,23)20-10-8-19(9-11-20)16(21)13-18-7-6-15(12-18)14-4-2-1-3-5-14/h1-5,15H,6-13H2,(H2,17,22,23)/t15-/m1/s1. The Balaban J connectivity index is 1.48. The molecule has 132 valence electrons. The summed E-state index contributed by atoms with van der Waals surface area (Å²) in [4.78, 5) is 16.4. The molecule has 0 radical (unpaired) electrons. The Morgan fingerprint density at radius 3 is 2.38 bits per heavy atom. The lowest BCUT2D eigenvalue weighted by molar-refractivity contribution is -0.133. The predicted molar refractivity (Wildman–Crippen MR) is 91.5 cm³/mol. The van der Waals surface area contributed by atoms with E-state index in [9.17, 15) is 13.2 Å². The number of carbonyl (C=O) groups excluding carboxylic acids is 1. The Kier molecular flexibility index (Phi) is 5.19. The van der Waals surface area contributed by atoms with Gasteiger partial charge in [-0.25, -0.2) is 5.14 Å². The van der Waals surface area contributed by atoms with Crippen molar-refractivity contribution in [3.05, 3.63) is 35.9 Å². The molecule has 2 N–H and O–H groups in total. The van der Waals surface area contributed by atoms with E-state index in [1.165, 1.54) is 9.87 Å². The number of nitrogens with zero attached hydrogens (tertiary/aromatic N) is 3. The molecule has 0 unspecified atom stereocenters. The van der Waals surface area contributed by atoms with Crippen LogP contribution in [0.5, 0.6) is 0 Å². The third-order valence-electron chi connectivity index (χ3n) is 4.85. The minimum atomic E-state index is -3.65. The number of hydrogen-bond acceptors (Lipinski definition) is 4. The molecule has 8 heteroatoms. The molecule has 1 aromatic rings. The lowest BCUT2D eigenvalue weighted by atomic mass is 9.99. The van der Waals surface area contributed by atoms with E-state index in [-0.39, 0.29) is 19.0 Å². The van der Waals surface area contributed by atoms with Crippen LogP contribution in [0.4, 0.5) is 0 Å².